The molecule has 0 spiro atoms. The van der Waals surface area contributed by atoms with E-state index >= 15 is 0 Å². The van der Waals surface area contributed by atoms with E-state index in [2.05, 4.69) is 5.16 Å². The molecule has 1 N–H and O–H groups in total. The van der Waals surface area contributed by atoms with Crippen molar-refractivity contribution in [1.82, 2.24) is 0 Å². The van der Waals surface area contributed by atoms with Gasteiger partial charge >= 0.3 is 0 Å². The van der Waals surface area contributed by atoms with E-state index in [1.54, 1.807) is 27.4 Å². The first-order valence-corrected chi connectivity index (χ1v) is 5.75. The van der Waals surface area contributed by atoms with Gasteiger partial charge in [0.25, 0.3) is 0 Å². The lowest BCUT2D eigenvalue weighted by Gasteiger charge is -2.29. The number of hydrogen-bond acceptors (Lipinski definition) is 5. The highest BCUT2D eigenvalue weighted by atomic mass is 16.5. The predicted octanol–water partition coefficient (Wildman–Crippen LogP) is 2.42. The van der Waals surface area contributed by atoms with E-state index in [0.29, 0.717) is 11.5 Å². The van der Waals surface area contributed by atoms with Crippen LogP contribution in [0.3, 0.4) is 0 Å². The topological polar surface area (TPSA) is 60.3 Å². The Balaban J connectivity index is 2.45. The van der Waals surface area contributed by atoms with E-state index in [-0.39, 0.29) is 5.92 Å². The average Bonchev–Trinajstić information content (AvgIpc) is 2.37. The van der Waals surface area contributed by atoms with E-state index < -0.39 is 0 Å². The Morgan fingerprint density at radius 1 is 1.06 bits per heavy atom. The lowest BCUT2D eigenvalue weighted by atomic mass is 9.77. The van der Waals surface area contributed by atoms with Crippen LogP contribution in [-0.4, -0.2) is 32.2 Å². The largest absolute Gasteiger partial charge is 0.496 e. The van der Waals surface area contributed by atoms with E-state index in [4.69, 9.17) is 19.4 Å². The molecule has 1 atom stereocenters. The van der Waals surface area contributed by atoms with Crippen LogP contribution in [0.25, 0.3) is 0 Å². The number of nitrogens with zero attached hydrogens (tertiary/aromatic N) is 1. The van der Waals surface area contributed by atoms with Crippen LogP contribution in [0.15, 0.2) is 17.3 Å². The standard InChI is InChI=1S/C13H17NO4/c1-16-11-7-13(18-3)12(17-2)6-9(11)8-4-5-10(8)14-15/h6-8,15H,4-5H2,1-3H3. The fraction of sp³-hybridized carbons (Fsp3) is 0.462. The van der Waals surface area contributed by atoms with E-state index in [0.717, 1.165) is 29.9 Å². The van der Waals surface area contributed by atoms with Crippen molar-refractivity contribution in [2.75, 3.05) is 21.3 Å². The summed E-state index contributed by atoms with van der Waals surface area (Å²) in [7, 11) is 4.79. The average molecular weight is 251 g/mol. The van der Waals surface area contributed by atoms with Crippen molar-refractivity contribution in [1.29, 1.82) is 0 Å². The molecule has 98 valence electrons. The zero-order chi connectivity index (χ0) is 13.1. The van der Waals surface area contributed by atoms with Gasteiger partial charge in [-0.05, 0) is 18.9 Å². The molecule has 0 bridgehead atoms. The van der Waals surface area contributed by atoms with Crippen LogP contribution in [0.2, 0.25) is 0 Å². The van der Waals surface area contributed by atoms with Gasteiger partial charge in [0.15, 0.2) is 11.5 Å². The Morgan fingerprint density at radius 2 is 1.67 bits per heavy atom. The Morgan fingerprint density at radius 3 is 2.11 bits per heavy atom. The van der Waals surface area contributed by atoms with Crippen molar-refractivity contribution < 1.29 is 19.4 Å². The van der Waals surface area contributed by atoms with Crippen molar-refractivity contribution in [2.45, 2.75) is 18.8 Å². The maximum Gasteiger partial charge on any atom is 0.164 e. The van der Waals surface area contributed by atoms with Gasteiger partial charge in [0.05, 0.1) is 27.0 Å². The van der Waals surface area contributed by atoms with Gasteiger partial charge in [-0.2, -0.15) is 0 Å². The zero-order valence-electron chi connectivity index (χ0n) is 10.8. The molecular formula is C13H17NO4. The maximum absolute atomic E-state index is 8.90. The lowest BCUT2D eigenvalue weighted by Crippen LogP contribution is -2.24. The third-order valence-corrected chi connectivity index (χ3v) is 3.33. The van der Waals surface area contributed by atoms with Gasteiger partial charge in [0.1, 0.15) is 5.75 Å². The lowest BCUT2D eigenvalue weighted by molar-refractivity contribution is 0.309. The molecule has 1 aromatic rings. The van der Waals surface area contributed by atoms with Gasteiger partial charge in [0.2, 0.25) is 0 Å². The van der Waals surface area contributed by atoms with Gasteiger partial charge in [-0.1, -0.05) is 5.16 Å². The van der Waals surface area contributed by atoms with E-state index in [1.807, 2.05) is 6.07 Å². The first-order valence-electron chi connectivity index (χ1n) is 5.75. The van der Waals surface area contributed by atoms with Gasteiger partial charge in [-0.25, -0.2) is 0 Å². The van der Waals surface area contributed by atoms with Crippen molar-refractivity contribution in [2.24, 2.45) is 5.16 Å². The summed E-state index contributed by atoms with van der Waals surface area (Å²) in [6.07, 6.45) is 1.77. The molecule has 0 amide bonds. The van der Waals surface area contributed by atoms with Gasteiger partial charge in [-0.15, -0.1) is 0 Å². The molecule has 5 nitrogen and oxygen atoms in total. The van der Waals surface area contributed by atoms with Gasteiger partial charge in [0, 0.05) is 17.5 Å². The van der Waals surface area contributed by atoms with Crippen LogP contribution < -0.4 is 14.2 Å². The molecule has 1 aliphatic rings. The molecule has 5 heteroatoms. The summed E-state index contributed by atoms with van der Waals surface area (Å²) >= 11 is 0. The molecule has 0 heterocycles. The molecule has 1 saturated carbocycles. The number of rotatable bonds is 4. The Hall–Kier alpha value is -1.91. The van der Waals surface area contributed by atoms with Crippen molar-refractivity contribution in [3.05, 3.63) is 17.7 Å². The highest BCUT2D eigenvalue weighted by Crippen LogP contribution is 2.43. The van der Waals surface area contributed by atoms with Crippen LogP contribution in [-0.2, 0) is 0 Å². The highest BCUT2D eigenvalue weighted by molar-refractivity contribution is 5.96. The van der Waals surface area contributed by atoms with Crippen LogP contribution in [0, 0.1) is 0 Å². The molecule has 18 heavy (non-hydrogen) atoms. The third-order valence-electron chi connectivity index (χ3n) is 3.33. The molecule has 1 aromatic carbocycles. The number of hydrogen-bond donors (Lipinski definition) is 1. The summed E-state index contributed by atoms with van der Waals surface area (Å²) in [5, 5.41) is 12.2. The molecule has 1 fully saturated rings. The fourth-order valence-electron chi connectivity index (χ4n) is 2.20. The summed E-state index contributed by atoms with van der Waals surface area (Å²) in [5.74, 6) is 2.10. The molecule has 1 unspecified atom stereocenters. The van der Waals surface area contributed by atoms with Gasteiger partial charge < -0.3 is 19.4 Å². The first kappa shape index (κ1) is 12.5. The predicted molar refractivity (Wildman–Crippen MR) is 67.3 cm³/mol. The summed E-state index contributed by atoms with van der Waals surface area (Å²) in [4.78, 5) is 0. The number of oxime groups is 1. The summed E-state index contributed by atoms with van der Waals surface area (Å²) in [6, 6.07) is 3.67. The molecular weight excluding hydrogens is 234 g/mol. The molecule has 0 aliphatic heterocycles. The Bertz CT molecular complexity index is 470. The molecule has 0 aromatic heterocycles. The van der Waals surface area contributed by atoms with Crippen molar-refractivity contribution in [3.63, 3.8) is 0 Å². The Labute approximate surface area is 106 Å². The van der Waals surface area contributed by atoms with Crippen molar-refractivity contribution >= 4 is 5.71 Å². The van der Waals surface area contributed by atoms with Crippen LogP contribution in [0.5, 0.6) is 17.2 Å². The quantitative estimate of drug-likeness (QED) is 0.659. The SMILES string of the molecule is COc1cc(OC)c(C2CCC2=NO)cc1OC. The smallest absolute Gasteiger partial charge is 0.164 e. The van der Waals surface area contributed by atoms with E-state index in [9.17, 15) is 0 Å². The number of benzene rings is 1. The minimum Gasteiger partial charge on any atom is -0.496 e. The zero-order valence-corrected chi connectivity index (χ0v) is 10.8. The maximum atomic E-state index is 8.90. The Kier molecular flexibility index (Phi) is 3.60. The highest BCUT2D eigenvalue weighted by Gasteiger charge is 2.31. The van der Waals surface area contributed by atoms with Crippen molar-refractivity contribution in [3.8, 4) is 17.2 Å². The molecule has 1 aliphatic carbocycles. The third kappa shape index (κ3) is 1.96. The summed E-state index contributed by atoms with van der Waals surface area (Å²) in [5.41, 5.74) is 1.75. The molecule has 0 radical (unpaired) electrons. The number of methoxy groups -OCH3 is 3. The summed E-state index contributed by atoms with van der Waals surface area (Å²) in [6.45, 7) is 0. The molecule has 0 saturated heterocycles. The summed E-state index contributed by atoms with van der Waals surface area (Å²) < 4.78 is 15.9. The van der Waals surface area contributed by atoms with Crippen LogP contribution in [0.4, 0.5) is 0 Å². The molecule has 2 rings (SSSR count). The normalized spacial score (nSPS) is 20.4. The van der Waals surface area contributed by atoms with Gasteiger partial charge in [-0.3, -0.25) is 0 Å². The second-order valence-corrected chi connectivity index (χ2v) is 4.13. The monoisotopic (exact) mass is 251 g/mol. The minimum atomic E-state index is 0.102. The number of ether oxygens (including phenoxy) is 3. The minimum absolute atomic E-state index is 0.102. The second-order valence-electron chi connectivity index (χ2n) is 4.13. The second kappa shape index (κ2) is 5.16. The fourth-order valence-corrected chi connectivity index (χ4v) is 2.20. The van der Waals surface area contributed by atoms with Crippen LogP contribution in [0.1, 0.15) is 24.3 Å². The van der Waals surface area contributed by atoms with E-state index in [1.165, 1.54) is 0 Å². The van der Waals surface area contributed by atoms with Crippen LogP contribution >= 0.6 is 0 Å². The first-order chi connectivity index (χ1) is 8.74.